The molecule has 2 aliphatic carbocycles. The lowest BCUT2D eigenvalue weighted by Gasteiger charge is -2.16. The summed E-state index contributed by atoms with van der Waals surface area (Å²) in [7, 11) is 0. The third-order valence-electron chi connectivity index (χ3n) is 3.98. The van der Waals surface area contributed by atoms with Gasteiger partial charge in [-0.2, -0.15) is 0 Å². The molecule has 1 aromatic carbocycles. The fraction of sp³-hybridized carbons (Fsp3) is 0.462. The van der Waals surface area contributed by atoms with Crippen molar-refractivity contribution in [3.05, 3.63) is 35.6 Å². The molecule has 0 saturated heterocycles. The van der Waals surface area contributed by atoms with E-state index in [-0.39, 0.29) is 11.7 Å². The fourth-order valence-corrected chi connectivity index (χ4v) is 2.99. The van der Waals surface area contributed by atoms with E-state index in [4.69, 9.17) is 5.11 Å². The van der Waals surface area contributed by atoms with E-state index in [0.717, 1.165) is 12.8 Å². The van der Waals surface area contributed by atoms with Gasteiger partial charge in [-0.05, 0) is 36.8 Å². The molecular weight excluding hydrogens is 207 g/mol. The van der Waals surface area contributed by atoms with Crippen molar-refractivity contribution in [2.24, 2.45) is 11.8 Å². The first kappa shape index (κ1) is 9.82. The summed E-state index contributed by atoms with van der Waals surface area (Å²) in [6.45, 7) is 0. The van der Waals surface area contributed by atoms with Gasteiger partial charge in [0.1, 0.15) is 5.82 Å². The highest BCUT2D eigenvalue weighted by Gasteiger charge is 2.66. The summed E-state index contributed by atoms with van der Waals surface area (Å²) in [5.74, 6) is -1.03. The van der Waals surface area contributed by atoms with Crippen LogP contribution in [0.2, 0.25) is 0 Å². The van der Waals surface area contributed by atoms with E-state index < -0.39 is 11.4 Å². The number of rotatable bonds is 3. The van der Waals surface area contributed by atoms with Crippen LogP contribution < -0.4 is 0 Å². The number of hydrogen-bond donors (Lipinski definition) is 1. The van der Waals surface area contributed by atoms with Gasteiger partial charge in [0, 0.05) is 5.41 Å². The number of halogens is 1. The molecule has 2 aliphatic rings. The summed E-state index contributed by atoms with van der Waals surface area (Å²) >= 11 is 0. The molecule has 0 heterocycles. The maximum Gasteiger partial charge on any atom is 0.307 e. The Hall–Kier alpha value is -1.38. The van der Waals surface area contributed by atoms with E-state index in [2.05, 4.69) is 0 Å². The first-order valence-electron chi connectivity index (χ1n) is 5.64. The van der Waals surface area contributed by atoms with Crippen molar-refractivity contribution in [3.63, 3.8) is 0 Å². The molecule has 1 unspecified atom stereocenters. The van der Waals surface area contributed by atoms with Crippen LogP contribution in [0.3, 0.4) is 0 Å². The predicted molar refractivity (Wildman–Crippen MR) is 56.5 cm³/mol. The van der Waals surface area contributed by atoms with Gasteiger partial charge in [-0.25, -0.2) is 4.39 Å². The van der Waals surface area contributed by atoms with Crippen LogP contribution in [-0.2, 0) is 10.2 Å². The summed E-state index contributed by atoms with van der Waals surface area (Å²) < 4.78 is 13.8. The number of carboxylic acid groups (broad SMARTS) is 1. The van der Waals surface area contributed by atoms with Crippen LogP contribution in [0.25, 0.3) is 0 Å². The molecule has 3 rings (SSSR count). The van der Waals surface area contributed by atoms with Crippen molar-refractivity contribution in [1.82, 2.24) is 0 Å². The van der Waals surface area contributed by atoms with Crippen molar-refractivity contribution < 1.29 is 14.3 Å². The Labute approximate surface area is 93.1 Å². The lowest BCUT2D eigenvalue weighted by molar-refractivity contribution is -0.139. The molecule has 0 aromatic heterocycles. The van der Waals surface area contributed by atoms with Crippen LogP contribution in [-0.4, -0.2) is 11.1 Å². The zero-order chi connectivity index (χ0) is 11.3. The maximum absolute atomic E-state index is 13.8. The second-order valence-corrected chi connectivity index (χ2v) is 4.89. The first-order valence-corrected chi connectivity index (χ1v) is 5.64. The molecule has 1 N–H and O–H groups in total. The average Bonchev–Trinajstić information content (AvgIpc) is 3.12. The van der Waals surface area contributed by atoms with Gasteiger partial charge in [-0.15, -0.1) is 0 Å². The number of carboxylic acids is 1. The van der Waals surface area contributed by atoms with E-state index >= 15 is 0 Å². The number of benzene rings is 1. The Morgan fingerprint density at radius 3 is 2.56 bits per heavy atom. The minimum absolute atomic E-state index is 0.252. The molecule has 3 heteroatoms. The topological polar surface area (TPSA) is 37.3 Å². The van der Waals surface area contributed by atoms with Gasteiger partial charge >= 0.3 is 5.97 Å². The van der Waals surface area contributed by atoms with Crippen LogP contribution >= 0.6 is 0 Å². The van der Waals surface area contributed by atoms with Gasteiger partial charge in [-0.1, -0.05) is 18.2 Å². The van der Waals surface area contributed by atoms with Gasteiger partial charge < -0.3 is 5.11 Å². The lowest BCUT2D eigenvalue weighted by Crippen LogP contribution is -2.19. The van der Waals surface area contributed by atoms with Gasteiger partial charge in [0.15, 0.2) is 0 Å². The Bertz CT molecular complexity index is 453. The minimum Gasteiger partial charge on any atom is -0.481 e. The molecule has 16 heavy (non-hydrogen) atoms. The van der Waals surface area contributed by atoms with Gasteiger partial charge in [0.05, 0.1) is 5.92 Å². The summed E-state index contributed by atoms with van der Waals surface area (Å²) in [4.78, 5) is 11.1. The molecule has 2 atom stereocenters. The SMILES string of the molecule is O=C(O)[C@@H]1CC1(c1ccccc1F)C1CC1. The molecule has 0 radical (unpaired) electrons. The van der Waals surface area contributed by atoms with Crippen molar-refractivity contribution in [2.75, 3.05) is 0 Å². The highest BCUT2D eigenvalue weighted by atomic mass is 19.1. The van der Waals surface area contributed by atoms with E-state index in [1.807, 2.05) is 0 Å². The molecule has 2 saturated carbocycles. The highest BCUT2D eigenvalue weighted by molar-refractivity contribution is 5.77. The third kappa shape index (κ3) is 1.20. The normalized spacial score (nSPS) is 32.4. The van der Waals surface area contributed by atoms with E-state index in [1.165, 1.54) is 6.07 Å². The van der Waals surface area contributed by atoms with Crippen LogP contribution in [0.1, 0.15) is 24.8 Å². The van der Waals surface area contributed by atoms with Gasteiger partial charge in [-0.3, -0.25) is 4.79 Å². The molecule has 0 spiro atoms. The van der Waals surface area contributed by atoms with Crippen LogP contribution in [0, 0.1) is 17.7 Å². The monoisotopic (exact) mass is 220 g/mol. The molecule has 2 nitrogen and oxygen atoms in total. The van der Waals surface area contributed by atoms with Crippen LogP contribution in [0.15, 0.2) is 24.3 Å². The molecule has 1 aromatic rings. The first-order chi connectivity index (χ1) is 7.66. The lowest BCUT2D eigenvalue weighted by atomic mass is 9.87. The zero-order valence-corrected chi connectivity index (χ0v) is 8.82. The second kappa shape index (κ2) is 3.06. The van der Waals surface area contributed by atoms with Crippen molar-refractivity contribution in [1.29, 1.82) is 0 Å². The standard InChI is InChI=1S/C13H13FO2/c14-11-4-2-1-3-9(11)13(8-5-6-8)7-10(13)12(15)16/h1-4,8,10H,5-7H2,(H,15,16)/t10-,13?/m0/s1. The summed E-state index contributed by atoms with van der Waals surface area (Å²) in [5, 5.41) is 9.10. The molecular formula is C13H13FO2. The van der Waals surface area contributed by atoms with Crippen molar-refractivity contribution in [3.8, 4) is 0 Å². The van der Waals surface area contributed by atoms with E-state index in [9.17, 15) is 9.18 Å². The quantitative estimate of drug-likeness (QED) is 0.850. The Kier molecular flexibility index (Phi) is 1.88. The average molecular weight is 220 g/mol. The van der Waals surface area contributed by atoms with Crippen LogP contribution in [0.4, 0.5) is 4.39 Å². The Morgan fingerprint density at radius 2 is 2.06 bits per heavy atom. The summed E-state index contributed by atoms with van der Waals surface area (Å²) in [6, 6.07) is 6.62. The smallest absolute Gasteiger partial charge is 0.307 e. The molecule has 0 amide bonds. The number of carbonyl (C=O) groups is 1. The highest BCUT2D eigenvalue weighted by Crippen LogP contribution is 2.66. The molecule has 2 fully saturated rings. The molecule has 0 aliphatic heterocycles. The van der Waals surface area contributed by atoms with E-state index in [1.54, 1.807) is 18.2 Å². The largest absolute Gasteiger partial charge is 0.481 e. The molecule has 84 valence electrons. The molecule has 0 bridgehead atoms. The van der Waals surface area contributed by atoms with E-state index in [0.29, 0.717) is 17.9 Å². The van der Waals surface area contributed by atoms with Gasteiger partial charge in [0.25, 0.3) is 0 Å². The van der Waals surface area contributed by atoms with Crippen molar-refractivity contribution in [2.45, 2.75) is 24.7 Å². The maximum atomic E-state index is 13.8. The van der Waals surface area contributed by atoms with Gasteiger partial charge in [0.2, 0.25) is 0 Å². The van der Waals surface area contributed by atoms with Crippen molar-refractivity contribution >= 4 is 5.97 Å². The number of aliphatic carboxylic acids is 1. The number of hydrogen-bond acceptors (Lipinski definition) is 1. The Balaban J connectivity index is 2.03. The van der Waals surface area contributed by atoms with Crippen LogP contribution in [0.5, 0.6) is 0 Å². The minimum atomic E-state index is -0.782. The fourth-order valence-electron chi connectivity index (χ4n) is 2.99. The third-order valence-corrected chi connectivity index (χ3v) is 3.98. The zero-order valence-electron chi connectivity index (χ0n) is 8.82. The predicted octanol–water partition coefficient (Wildman–Crippen LogP) is 2.58. The second-order valence-electron chi connectivity index (χ2n) is 4.89. The summed E-state index contributed by atoms with van der Waals surface area (Å²) in [6.07, 6.45) is 2.68. The summed E-state index contributed by atoms with van der Waals surface area (Å²) in [5.41, 5.74) is 0.224. The Morgan fingerprint density at radius 1 is 1.38 bits per heavy atom.